The van der Waals surface area contributed by atoms with Gasteiger partial charge in [0.1, 0.15) is 6.04 Å². The van der Waals surface area contributed by atoms with Crippen LogP contribution in [0.5, 0.6) is 0 Å². The topological polar surface area (TPSA) is 147 Å². The highest BCUT2D eigenvalue weighted by molar-refractivity contribution is 5.73. The Morgan fingerprint density at radius 3 is 1.69 bits per heavy atom. The van der Waals surface area contributed by atoms with Crippen LogP contribution in [-0.2, 0) is 9.59 Å². The zero-order valence-corrected chi connectivity index (χ0v) is 7.17. The van der Waals surface area contributed by atoms with Crippen molar-refractivity contribution in [1.82, 2.24) is 0 Å². The van der Waals surface area contributed by atoms with Gasteiger partial charge in [-0.2, -0.15) is 0 Å². The number of aliphatic hydroxyl groups is 1. The molecule has 0 amide bonds. The third-order valence-corrected chi connectivity index (χ3v) is 0.979. The molecule has 7 heteroatoms. The van der Waals surface area contributed by atoms with Gasteiger partial charge in [-0.15, -0.1) is 0 Å². The predicted molar refractivity (Wildman–Crippen MR) is 44.0 cm³/mol. The minimum absolute atomic E-state index is 0.278. The Balaban J connectivity index is 0. The maximum absolute atomic E-state index is 9.86. The minimum Gasteiger partial charge on any atom is -0.480 e. The van der Waals surface area contributed by atoms with Crippen LogP contribution in [0.15, 0.2) is 0 Å². The average molecular weight is 194 g/mol. The summed E-state index contributed by atoms with van der Waals surface area (Å²) in [5, 5.41) is 24.2. The average Bonchev–Trinajstić information content (AvgIpc) is 2.03. The fraction of sp³-hybridized carbons (Fsp3) is 0.667. The van der Waals surface area contributed by atoms with Crippen LogP contribution in [0.25, 0.3) is 0 Å². The molecule has 2 atom stereocenters. The van der Waals surface area contributed by atoms with Crippen molar-refractivity contribution in [3.63, 3.8) is 0 Å². The SMILES string of the molecule is CC(O)C(N)C(=O)O.NCC(=O)O. The first-order valence-corrected chi connectivity index (χ1v) is 3.41. The summed E-state index contributed by atoms with van der Waals surface area (Å²) in [5.74, 6) is -2.15. The lowest BCUT2D eigenvalue weighted by Crippen LogP contribution is -2.39. The van der Waals surface area contributed by atoms with Crippen LogP contribution in [0.2, 0.25) is 0 Å². The number of nitrogens with two attached hydrogens (primary N) is 2. The quantitative estimate of drug-likeness (QED) is 0.342. The third-order valence-electron chi connectivity index (χ3n) is 0.979. The van der Waals surface area contributed by atoms with E-state index >= 15 is 0 Å². The fourth-order valence-electron chi connectivity index (χ4n) is 0.206. The Hall–Kier alpha value is -1.18. The van der Waals surface area contributed by atoms with Gasteiger partial charge in [0, 0.05) is 0 Å². The van der Waals surface area contributed by atoms with Gasteiger partial charge in [-0.1, -0.05) is 0 Å². The van der Waals surface area contributed by atoms with E-state index in [0.29, 0.717) is 0 Å². The summed E-state index contributed by atoms with van der Waals surface area (Å²) < 4.78 is 0. The molecule has 0 aromatic rings. The van der Waals surface area contributed by atoms with Gasteiger partial charge in [-0.3, -0.25) is 9.59 Å². The molecule has 0 spiro atoms. The highest BCUT2D eigenvalue weighted by Crippen LogP contribution is 1.85. The molecule has 0 bridgehead atoms. The number of aliphatic carboxylic acids is 2. The number of carboxylic acids is 2. The van der Waals surface area contributed by atoms with Crippen LogP contribution >= 0.6 is 0 Å². The van der Waals surface area contributed by atoms with Crippen molar-refractivity contribution in [2.24, 2.45) is 11.5 Å². The minimum atomic E-state index is -1.18. The molecule has 7 N–H and O–H groups in total. The van der Waals surface area contributed by atoms with Crippen LogP contribution in [0.3, 0.4) is 0 Å². The molecule has 0 aromatic heterocycles. The second-order valence-corrected chi connectivity index (χ2v) is 2.20. The lowest BCUT2D eigenvalue weighted by molar-refractivity contribution is -0.141. The van der Waals surface area contributed by atoms with Gasteiger partial charge >= 0.3 is 11.9 Å². The van der Waals surface area contributed by atoms with Crippen molar-refractivity contribution in [2.45, 2.75) is 19.1 Å². The molecule has 0 saturated carbocycles. The maximum atomic E-state index is 9.86. The molecule has 2 unspecified atom stereocenters. The molecule has 78 valence electrons. The highest BCUT2D eigenvalue weighted by atomic mass is 16.4. The number of carboxylic acid groups (broad SMARTS) is 2. The first-order chi connectivity index (χ1) is 5.82. The molecule has 0 rings (SSSR count). The first-order valence-electron chi connectivity index (χ1n) is 3.41. The van der Waals surface area contributed by atoms with Gasteiger partial charge < -0.3 is 26.8 Å². The molecule has 0 aliphatic carbocycles. The molecule has 0 heterocycles. The van der Waals surface area contributed by atoms with E-state index in [9.17, 15) is 9.59 Å². The van der Waals surface area contributed by atoms with E-state index in [1.807, 2.05) is 0 Å². The van der Waals surface area contributed by atoms with E-state index in [2.05, 4.69) is 5.73 Å². The van der Waals surface area contributed by atoms with Crippen LogP contribution < -0.4 is 11.5 Å². The zero-order chi connectivity index (χ0) is 11.0. The van der Waals surface area contributed by atoms with Crippen LogP contribution in [0.1, 0.15) is 6.92 Å². The van der Waals surface area contributed by atoms with Crippen LogP contribution in [0.4, 0.5) is 0 Å². The number of hydrogen-bond acceptors (Lipinski definition) is 5. The van der Waals surface area contributed by atoms with Gasteiger partial charge in [-0.25, -0.2) is 0 Å². The molecule has 0 aromatic carbocycles. The van der Waals surface area contributed by atoms with Gasteiger partial charge in [-0.05, 0) is 6.92 Å². The van der Waals surface area contributed by atoms with E-state index in [1.165, 1.54) is 6.92 Å². The predicted octanol–water partition coefficient (Wildman–Crippen LogP) is -2.19. The first kappa shape index (κ1) is 14.3. The van der Waals surface area contributed by atoms with Crippen molar-refractivity contribution in [1.29, 1.82) is 0 Å². The lowest BCUT2D eigenvalue weighted by Gasteiger charge is -2.06. The number of aliphatic hydroxyl groups excluding tert-OH is 1. The van der Waals surface area contributed by atoms with Gasteiger partial charge in [0.05, 0.1) is 12.6 Å². The van der Waals surface area contributed by atoms with E-state index in [1.54, 1.807) is 0 Å². The molecule has 13 heavy (non-hydrogen) atoms. The Morgan fingerprint density at radius 2 is 1.69 bits per heavy atom. The molecule has 0 aliphatic rings. The second-order valence-electron chi connectivity index (χ2n) is 2.20. The number of hydrogen-bond donors (Lipinski definition) is 5. The molecule has 0 aliphatic heterocycles. The largest absolute Gasteiger partial charge is 0.480 e. The van der Waals surface area contributed by atoms with Crippen molar-refractivity contribution < 1.29 is 24.9 Å². The molecule has 0 fully saturated rings. The molecule has 0 radical (unpaired) electrons. The third kappa shape index (κ3) is 10.8. The summed E-state index contributed by atoms with van der Waals surface area (Å²) in [6.45, 7) is 1.05. The lowest BCUT2D eigenvalue weighted by atomic mass is 10.2. The Morgan fingerprint density at radius 1 is 1.38 bits per heavy atom. The van der Waals surface area contributed by atoms with Gasteiger partial charge in [0.25, 0.3) is 0 Å². The van der Waals surface area contributed by atoms with Gasteiger partial charge in [0.15, 0.2) is 0 Å². The van der Waals surface area contributed by atoms with E-state index < -0.39 is 24.1 Å². The Labute approximate surface area is 75.0 Å². The molecular formula is C6H14N2O5. The Bertz CT molecular complexity index is 170. The standard InChI is InChI=1S/C4H9NO3.C2H5NO2/c1-2(6)3(5)4(7)8;3-1-2(4)5/h2-3,6H,5H2,1H3,(H,7,8);1,3H2,(H,4,5). The van der Waals surface area contributed by atoms with E-state index in [4.69, 9.17) is 21.1 Å². The number of rotatable bonds is 3. The van der Waals surface area contributed by atoms with E-state index in [0.717, 1.165) is 0 Å². The van der Waals surface area contributed by atoms with E-state index in [-0.39, 0.29) is 6.54 Å². The highest BCUT2D eigenvalue weighted by Gasteiger charge is 2.16. The molecule has 0 saturated heterocycles. The van der Waals surface area contributed by atoms with Crippen molar-refractivity contribution in [2.75, 3.05) is 6.54 Å². The second kappa shape index (κ2) is 7.47. The Kier molecular flexibility index (Phi) is 8.24. The van der Waals surface area contributed by atoms with Crippen molar-refractivity contribution >= 4 is 11.9 Å². The van der Waals surface area contributed by atoms with Gasteiger partial charge in [0.2, 0.25) is 0 Å². The van der Waals surface area contributed by atoms with Crippen LogP contribution in [0, 0.1) is 0 Å². The molecular weight excluding hydrogens is 180 g/mol. The maximum Gasteiger partial charge on any atom is 0.323 e. The normalized spacial score (nSPS) is 13.5. The summed E-state index contributed by atoms with van der Waals surface area (Å²) in [5.41, 5.74) is 9.48. The smallest absolute Gasteiger partial charge is 0.323 e. The fourth-order valence-corrected chi connectivity index (χ4v) is 0.206. The van der Waals surface area contributed by atoms with Crippen molar-refractivity contribution in [3.8, 4) is 0 Å². The summed E-state index contributed by atoms with van der Waals surface area (Å²) in [4.78, 5) is 19.1. The molecule has 7 nitrogen and oxygen atoms in total. The van der Waals surface area contributed by atoms with Crippen molar-refractivity contribution in [3.05, 3.63) is 0 Å². The number of carbonyl (C=O) groups is 2. The summed E-state index contributed by atoms with van der Waals surface area (Å²) in [7, 11) is 0. The summed E-state index contributed by atoms with van der Waals surface area (Å²) in [6, 6.07) is -1.16. The summed E-state index contributed by atoms with van der Waals surface area (Å²) >= 11 is 0. The zero-order valence-electron chi connectivity index (χ0n) is 7.17. The van der Waals surface area contributed by atoms with Crippen LogP contribution in [-0.4, -0.2) is 45.9 Å². The monoisotopic (exact) mass is 194 g/mol. The summed E-state index contributed by atoms with van der Waals surface area (Å²) in [6.07, 6.45) is -0.979.